The van der Waals surface area contributed by atoms with Gasteiger partial charge in [-0.2, -0.15) is 0 Å². The van der Waals surface area contributed by atoms with Crippen LogP contribution in [0.1, 0.15) is 20.8 Å². The molecule has 0 amide bonds. The van der Waals surface area contributed by atoms with Crippen LogP contribution in [0.15, 0.2) is 36.5 Å². The summed E-state index contributed by atoms with van der Waals surface area (Å²) in [4.78, 5) is 16.9. The van der Waals surface area contributed by atoms with Crippen LogP contribution in [0, 0.1) is 3.57 Å². The van der Waals surface area contributed by atoms with Gasteiger partial charge in [-0.3, -0.25) is 0 Å². The first-order valence-electron chi connectivity index (χ1n) is 6.65. The van der Waals surface area contributed by atoms with Crippen LogP contribution in [0.2, 0.25) is 0 Å². The van der Waals surface area contributed by atoms with Gasteiger partial charge < -0.3 is 4.74 Å². The summed E-state index contributed by atoms with van der Waals surface area (Å²) in [5, 5.41) is 1.97. The van der Waals surface area contributed by atoms with E-state index in [-0.39, 0.29) is 0 Å². The van der Waals surface area contributed by atoms with Crippen molar-refractivity contribution in [2.75, 3.05) is 0 Å². The first-order chi connectivity index (χ1) is 9.87. The minimum Gasteiger partial charge on any atom is -0.443 e. The van der Waals surface area contributed by atoms with Crippen LogP contribution in [0.4, 0.5) is 4.79 Å². The molecule has 0 aliphatic carbocycles. The van der Waals surface area contributed by atoms with E-state index in [1.807, 2.05) is 45.0 Å². The van der Waals surface area contributed by atoms with Gasteiger partial charge in [-0.25, -0.2) is 14.3 Å². The molecule has 3 rings (SSSR count). The molecule has 4 nitrogen and oxygen atoms in total. The normalized spacial score (nSPS) is 12.0. The van der Waals surface area contributed by atoms with Gasteiger partial charge in [0.15, 0.2) is 5.65 Å². The molecule has 2 aromatic heterocycles. The third kappa shape index (κ3) is 2.62. The largest absolute Gasteiger partial charge is 0.443 e. The molecule has 2 heterocycles. The van der Waals surface area contributed by atoms with Gasteiger partial charge in [0.2, 0.25) is 0 Å². The molecule has 0 fully saturated rings. The van der Waals surface area contributed by atoms with E-state index in [0.29, 0.717) is 5.65 Å². The van der Waals surface area contributed by atoms with Gasteiger partial charge >= 0.3 is 6.09 Å². The molecule has 0 spiro atoms. The van der Waals surface area contributed by atoms with E-state index in [0.717, 1.165) is 19.9 Å². The predicted octanol–water partition coefficient (Wildman–Crippen LogP) is 4.58. The Morgan fingerprint density at radius 2 is 2.00 bits per heavy atom. The molecule has 0 saturated carbocycles. The van der Waals surface area contributed by atoms with Gasteiger partial charge in [-0.15, -0.1) is 0 Å². The van der Waals surface area contributed by atoms with E-state index >= 15 is 0 Å². The highest BCUT2D eigenvalue weighted by molar-refractivity contribution is 14.1. The van der Waals surface area contributed by atoms with Gasteiger partial charge in [-0.05, 0) is 73.7 Å². The summed E-state index contributed by atoms with van der Waals surface area (Å²) in [6.45, 7) is 5.57. The van der Waals surface area contributed by atoms with Crippen molar-refractivity contribution < 1.29 is 9.53 Å². The molecule has 0 unspecified atom stereocenters. The first-order valence-corrected chi connectivity index (χ1v) is 7.73. The smallest absolute Gasteiger partial charge is 0.420 e. The standard InChI is InChI=1S/C16H15IN2O2/c1-16(2,3)21-15(20)19-13-7-6-10(17)9-12(13)11-5-4-8-18-14(11)19/h4-9H,1-3H3. The topological polar surface area (TPSA) is 44.1 Å². The first kappa shape index (κ1) is 14.3. The van der Waals surface area contributed by atoms with Crippen molar-refractivity contribution in [1.29, 1.82) is 0 Å². The molecular formula is C16H15IN2O2. The third-order valence-corrected chi connectivity index (χ3v) is 3.74. The molecular weight excluding hydrogens is 379 g/mol. The SMILES string of the molecule is CC(C)(C)OC(=O)n1c2ccc(I)cc2c2cccnc21. The Morgan fingerprint density at radius 1 is 1.24 bits per heavy atom. The van der Waals surface area contributed by atoms with Gasteiger partial charge in [0.1, 0.15) is 5.60 Å². The number of halogens is 1. The number of rotatable bonds is 0. The zero-order chi connectivity index (χ0) is 15.2. The van der Waals surface area contributed by atoms with Crippen molar-refractivity contribution in [2.45, 2.75) is 26.4 Å². The quantitative estimate of drug-likeness (QED) is 0.525. The van der Waals surface area contributed by atoms with Crippen molar-refractivity contribution in [2.24, 2.45) is 0 Å². The van der Waals surface area contributed by atoms with E-state index in [1.54, 1.807) is 10.8 Å². The average Bonchev–Trinajstić information content (AvgIpc) is 2.71. The molecule has 3 aromatic rings. The number of benzene rings is 1. The molecule has 108 valence electrons. The number of pyridine rings is 1. The zero-order valence-corrected chi connectivity index (χ0v) is 14.2. The Bertz CT molecular complexity index is 846. The summed E-state index contributed by atoms with van der Waals surface area (Å²) in [6.07, 6.45) is 1.29. The number of aromatic nitrogens is 2. The number of fused-ring (bicyclic) bond motifs is 3. The second kappa shape index (κ2) is 4.98. The lowest BCUT2D eigenvalue weighted by atomic mass is 10.2. The number of hydrogen-bond donors (Lipinski definition) is 0. The van der Waals surface area contributed by atoms with E-state index in [1.165, 1.54) is 0 Å². The highest BCUT2D eigenvalue weighted by Gasteiger charge is 2.22. The second-order valence-corrected chi connectivity index (χ2v) is 7.10. The summed E-state index contributed by atoms with van der Waals surface area (Å²) in [7, 11) is 0. The summed E-state index contributed by atoms with van der Waals surface area (Å²) < 4.78 is 8.18. The van der Waals surface area contributed by atoms with Crippen LogP contribution in [-0.2, 0) is 4.74 Å². The Morgan fingerprint density at radius 3 is 2.71 bits per heavy atom. The third-order valence-electron chi connectivity index (χ3n) is 3.06. The minimum atomic E-state index is -0.544. The maximum atomic E-state index is 12.5. The van der Waals surface area contributed by atoms with E-state index < -0.39 is 11.7 Å². The fourth-order valence-corrected chi connectivity index (χ4v) is 2.80. The lowest BCUT2D eigenvalue weighted by molar-refractivity contribution is 0.0550. The maximum absolute atomic E-state index is 12.5. The molecule has 0 radical (unpaired) electrons. The number of hydrogen-bond acceptors (Lipinski definition) is 3. The molecule has 5 heteroatoms. The summed E-state index contributed by atoms with van der Waals surface area (Å²) in [5.74, 6) is 0. The predicted molar refractivity (Wildman–Crippen MR) is 91.6 cm³/mol. The molecule has 0 saturated heterocycles. The van der Waals surface area contributed by atoms with Crippen molar-refractivity contribution in [3.63, 3.8) is 0 Å². The van der Waals surface area contributed by atoms with Gasteiger partial charge in [0.05, 0.1) is 5.52 Å². The second-order valence-electron chi connectivity index (χ2n) is 5.85. The molecule has 21 heavy (non-hydrogen) atoms. The van der Waals surface area contributed by atoms with Crippen LogP contribution in [0.5, 0.6) is 0 Å². The maximum Gasteiger partial charge on any atom is 0.420 e. The Hall–Kier alpha value is -1.63. The summed E-state index contributed by atoms with van der Waals surface area (Å²) in [6, 6.07) is 9.81. The lowest BCUT2D eigenvalue weighted by Gasteiger charge is -2.20. The van der Waals surface area contributed by atoms with Crippen LogP contribution in [0.25, 0.3) is 21.9 Å². The number of nitrogens with zero attached hydrogens (tertiary/aromatic N) is 2. The van der Waals surface area contributed by atoms with Crippen LogP contribution in [0.3, 0.4) is 0 Å². The van der Waals surface area contributed by atoms with Crippen LogP contribution < -0.4 is 0 Å². The van der Waals surface area contributed by atoms with Crippen LogP contribution >= 0.6 is 22.6 Å². The molecule has 0 aliphatic heterocycles. The molecule has 0 atom stereocenters. The summed E-state index contributed by atoms with van der Waals surface area (Å²) in [5.41, 5.74) is 0.903. The fraction of sp³-hybridized carbons (Fsp3) is 0.250. The Kier molecular flexibility index (Phi) is 3.39. The summed E-state index contributed by atoms with van der Waals surface area (Å²) >= 11 is 2.26. The highest BCUT2D eigenvalue weighted by atomic mass is 127. The van der Waals surface area contributed by atoms with Gasteiger partial charge in [0, 0.05) is 20.5 Å². The van der Waals surface area contributed by atoms with E-state index in [4.69, 9.17) is 4.74 Å². The molecule has 1 aromatic carbocycles. The van der Waals surface area contributed by atoms with Crippen molar-refractivity contribution >= 4 is 50.6 Å². The fourth-order valence-electron chi connectivity index (χ4n) is 2.31. The Balaban J connectivity index is 2.31. The molecule has 0 aliphatic rings. The highest BCUT2D eigenvalue weighted by Crippen LogP contribution is 2.29. The van der Waals surface area contributed by atoms with Gasteiger partial charge in [-0.1, -0.05) is 0 Å². The van der Waals surface area contributed by atoms with Crippen molar-refractivity contribution in [3.8, 4) is 0 Å². The zero-order valence-electron chi connectivity index (χ0n) is 12.1. The van der Waals surface area contributed by atoms with Gasteiger partial charge in [0.25, 0.3) is 0 Å². The number of carbonyl (C=O) groups excluding carboxylic acids is 1. The van der Waals surface area contributed by atoms with E-state index in [2.05, 4.69) is 33.6 Å². The number of carbonyl (C=O) groups is 1. The average molecular weight is 394 g/mol. The minimum absolute atomic E-state index is 0.401. The lowest BCUT2D eigenvalue weighted by Crippen LogP contribution is -2.27. The van der Waals surface area contributed by atoms with Crippen molar-refractivity contribution in [3.05, 3.63) is 40.1 Å². The van der Waals surface area contributed by atoms with Crippen molar-refractivity contribution in [1.82, 2.24) is 9.55 Å². The Labute approximate surface area is 136 Å². The monoisotopic (exact) mass is 394 g/mol. The van der Waals surface area contributed by atoms with E-state index in [9.17, 15) is 4.79 Å². The van der Waals surface area contributed by atoms with Crippen LogP contribution in [-0.4, -0.2) is 21.2 Å². The molecule has 0 bridgehead atoms. The number of ether oxygens (including phenoxy) is 1. The molecule has 0 N–H and O–H groups in total.